The Labute approximate surface area is 299 Å². The Kier molecular flexibility index (Phi) is 4.99. The van der Waals surface area contributed by atoms with Crippen LogP contribution in [0.4, 0.5) is 17.1 Å². The summed E-state index contributed by atoms with van der Waals surface area (Å²) in [5.41, 5.74) is 30.3. The van der Waals surface area contributed by atoms with Crippen LogP contribution in [-0.2, 0) is 21.7 Å². The standard InChI is InChI=1S/C47H47B2N/c1-23(2)32-35-41-43-42-36(32)47(11,12)29-18-14-16-27-38(29)49(42)40-31(22-20-25(4)34(40)45(27,7)8)50(43)30-21-19-24(3)33-39(30)48(41)37-26(44(33,5)6)15-13-17-28(37)46(35,9)10/h13-23H,1-12H3. The molecule has 6 aliphatic rings. The molecular formula is C47H47B2N. The number of anilines is 3. The summed E-state index contributed by atoms with van der Waals surface area (Å²) in [6, 6.07) is 24.5. The number of aryl methyl sites for hydroxylation is 2. The molecule has 0 fully saturated rings. The minimum atomic E-state index is -0.144. The van der Waals surface area contributed by atoms with E-state index >= 15 is 0 Å². The van der Waals surface area contributed by atoms with Crippen LogP contribution in [0.1, 0.15) is 136 Å². The zero-order chi connectivity index (χ0) is 34.9. The molecule has 50 heavy (non-hydrogen) atoms. The molecule has 0 atom stereocenters. The van der Waals surface area contributed by atoms with Crippen LogP contribution in [0.2, 0.25) is 0 Å². The molecule has 0 bridgehead atoms. The van der Waals surface area contributed by atoms with Crippen molar-refractivity contribution in [3.63, 3.8) is 0 Å². The molecule has 6 aliphatic heterocycles. The Balaban J connectivity index is 1.45. The largest absolute Gasteiger partial charge is 0.312 e. The zero-order valence-corrected chi connectivity index (χ0v) is 32.0. The summed E-state index contributed by atoms with van der Waals surface area (Å²) in [5.74, 6) is 0.389. The van der Waals surface area contributed by atoms with Gasteiger partial charge in [-0.3, -0.25) is 0 Å². The number of rotatable bonds is 1. The molecule has 0 spiro atoms. The van der Waals surface area contributed by atoms with Gasteiger partial charge in [0, 0.05) is 38.7 Å². The van der Waals surface area contributed by atoms with Gasteiger partial charge in [0.05, 0.1) is 0 Å². The van der Waals surface area contributed by atoms with Crippen LogP contribution in [0, 0.1) is 13.8 Å². The molecule has 1 nitrogen and oxygen atoms in total. The third kappa shape index (κ3) is 2.82. The van der Waals surface area contributed by atoms with E-state index in [2.05, 4.69) is 149 Å². The van der Waals surface area contributed by atoms with Crippen molar-refractivity contribution in [2.75, 3.05) is 4.90 Å². The number of fused-ring (bicyclic) bond motifs is 2. The van der Waals surface area contributed by atoms with E-state index in [0.717, 1.165) is 0 Å². The molecule has 5 aromatic rings. The zero-order valence-electron chi connectivity index (χ0n) is 32.0. The molecule has 0 amide bonds. The van der Waals surface area contributed by atoms with Crippen molar-refractivity contribution >= 4 is 63.3 Å². The first kappa shape index (κ1) is 29.7. The van der Waals surface area contributed by atoms with Crippen molar-refractivity contribution in [1.29, 1.82) is 0 Å². The van der Waals surface area contributed by atoms with Gasteiger partial charge >= 0.3 is 0 Å². The third-order valence-corrected chi connectivity index (χ3v) is 14.9. The maximum absolute atomic E-state index is 2.81. The minimum Gasteiger partial charge on any atom is -0.312 e. The number of hydrogen-bond donors (Lipinski definition) is 0. The van der Waals surface area contributed by atoms with E-state index in [-0.39, 0.29) is 35.1 Å². The van der Waals surface area contributed by atoms with Gasteiger partial charge in [-0.15, -0.1) is 0 Å². The van der Waals surface area contributed by atoms with Crippen molar-refractivity contribution in [2.45, 2.75) is 111 Å². The Morgan fingerprint density at radius 2 is 0.820 bits per heavy atom. The molecule has 5 aromatic carbocycles. The van der Waals surface area contributed by atoms with Crippen molar-refractivity contribution in [3.05, 3.63) is 122 Å². The van der Waals surface area contributed by atoms with Gasteiger partial charge in [-0.2, -0.15) is 0 Å². The molecule has 0 aromatic heterocycles. The summed E-state index contributed by atoms with van der Waals surface area (Å²) in [6.45, 7) is 30.4. The number of benzene rings is 5. The molecule has 3 heteroatoms. The second-order valence-corrected chi connectivity index (χ2v) is 19.1. The van der Waals surface area contributed by atoms with Crippen molar-refractivity contribution in [3.8, 4) is 0 Å². The molecule has 0 saturated carbocycles. The van der Waals surface area contributed by atoms with Crippen molar-refractivity contribution < 1.29 is 0 Å². The summed E-state index contributed by atoms with van der Waals surface area (Å²) >= 11 is 0. The summed E-state index contributed by atoms with van der Waals surface area (Å²) in [6.07, 6.45) is 0. The second kappa shape index (κ2) is 8.39. The lowest BCUT2D eigenvalue weighted by molar-refractivity contribution is 0.586. The fraction of sp³-hybridized carbons (Fsp3) is 0.362. The van der Waals surface area contributed by atoms with E-state index < -0.39 is 0 Å². The maximum Gasteiger partial charge on any atom is 0.248 e. The van der Waals surface area contributed by atoms with Crippen LogP contribution < -0.4 is 37.7 Å². The molecule has 0 aliphatic carbocycles. The van der Waals surface area contributed by atoms with Gasteiger partial charge in [0.2, 0.25) is 13.4 Å². The maximum atomic E-state index is 2.81. The van der Waals surface area contributed by atoms with Gasteiger partial charge < -0.3 is 4.90 Å². The van der Waals surface area contributed by atoms with Gasteiger partial charge in [0.15, 0.2) is 0 Å². The first-order valence-corrected chi connectivity index (χ1v) is 19.2. The molecule has 0 radical (unpaired) electrons. The topological polar surface area (TPSA) is 3.24 Å². The highest BCUT2D eigenvalue weighted by Crippen LogP contribution is 2.55. The van der Waals surface area contributed by atoms with E-state index in [1.54, 1.807) is 60.6 Å². The number of nitrogens with zero attached hydrogens (tertiary/aromatic N) is 1. The minimum absolute atomic E-state index is 0.0969. The highest BCUT2D eigenvalue weighted by Gasteiger charge is 2.60. The molecule has 246 valence electrons. The summed E-state index contributed by atoms with van der Waals surface area (Å²) in [7, 11) is 0. The van der Waals surface area contributed by atoms with Crippen LogP contribution >= 0.6 is 0 Å². The molecule has 0 saturated heterocycles. The van der Waals surface area contributed by atoms with Crippen LogP contribution in [0.15, 0.2) is 60.7 Å². The van der Waals surface area contributed by atoms with Crippen LogP contribution in [0.25, 0.3) is 0 Å². The van der Waals surface area contributed by atoms with Gasteiger partial charge in [-0.25, -0.2) is 0 Å². The van der Waals surface area contributed by atoms with Gasteiger partial charge in [0.1, 0.15) is 0 Å². The summed E-state index contributed by atoms with van der Waals surface area (Å²) in [5, 5.41) is 0. The van der Waals surface area contributed by atoms with Gasteiger partial charge in [0.25, 0.3) is 0 Å². The molecule has 6 heterocycles. The highest BCUT2D eigenvalue weighted by atomic mass is 15.2. The Morgan fingerprint density at radius 3 is 1.18 bits per heavy atom. The predicted octanol–water partition coefficient (Wildman–Crippen LogP) is 7.11. The first-order chi connectivity index (χ1) is 23.6. The average molecular weight is 648 g/mol. The normalized spacial score (nSPS) is 19.9. The lowest BCUT2D eigenvalue weighted by Gasteiger charge is -2.58. The van der Waals surface area contributed by atoms with E-state index in [1.165, 1.54) is 50.4 Å². The van der Waals surface area contributed by atoms with E-state index in [0.29, 0.717) is 5.92 Å². The van der Waals surface area contributed by atoms with Gasteiger partial charge in [-0.05, 0) is 115 Å². The third-order valence-electron chi connectivity index (χ3n) is 14.9. The number of hydrogen-bond acceptors (Lipinski definition) is 1. The smallest absolute Gasteiger partial charge is 0.248 e. The summed E-state index contributed by atoms with van der Waals surface area (Å²) < 4.78 is 0. The molecule has 0 N–H and O–H groups in total. The monoisotopic (exact) mass is 647 g/mol. The predicted molar refractivity (Wildman–Crippen MR) is 215 cm³/mol. The Bertz CT molecular complexity index is 2340. The SMILES string of the molecule is Cc1ccc2c3c1C(C)(C)c1cccc4c1B3c1c3c5c(c(C(C)C)c1C4(C)C)C(C)(C)c1cccc4c1B5c1c(ccc(C)c1C4(C)C)N23. The Morgan fingerprint density at radius 1 is 0.460 bits per heavy atom. The average Bonchev–Trinajstić information content (AvgIpc) is 3.05. The lowest BCUT2D eigenvalue weighted by atomic mass is 9.21. The van der Waals surface area contributed by atoms with E-state index in [1.807, 2.05) is 0 Å². The van der Waals surface area contributed by atoms with Crippen molar-refractivity contribution in [1.82, 2.24) is 0 Å². The quantitative estimate of drug-likeness (QED) is 0.172. The van der Waals surface area contributed by atoms with Crippen LogP contribution in [0.5, 0.6) is 0 Å². The second-order valence-electron chi connectivity index (χ2n) is 19.1. The Hall–Kier alpha value is -3.97. The molecular weight excluding hydrogens is 600 g/mol. The first-order valence-electron chi connectivity index (χ1n) is 19.2. The highest BCUT2D eigenvalue weighted by molar-refractivity contribution is 7.04. The van der Waals surface area contributed by atoms with E-state index in [9.17, 15) is 0 Å². The summed E-state index contributed by atoms with van der Waals surface area (Å²) in [4.78, 5) is 2.81. The molecule has 0 unspecified atom stereocenters. The van der Waals surface area contributed by atoms with Gasteiger partial charge in [-0.1, -0.05) is 129 Å². The van der Waals surface area contributed by atoms with Crippen LogP contribution in [0.3, 0.4) is 0 Å². The fourth-order valence-electron chi connectivity index (χ4n) is 13.3. The molecule has 11 rings (SSSR count). The van der Waals surface area contributed by atoms with E-state index in [4.69, 9.17) is 0 Å². The van der Waals surface area contributed by atoms with Crippen LogP contribution in [-0.4, -0.2) is 13.4 Å². The lowest BCUT2D eigenvalue weighted by Crippen LogP contribution is -2.75. The fourth-order valence-corrected chi connectivity index (χ4v) is 13.3. The van der Waals surface area contributed by atoms with Crippen molar-refractivity contribution in [2.24, 2.45) is 0 Å².